The summed E-state index contributed by atoms with van der Waals surface area (Å²) in [7, 11) is 0. The number of carbonyl (C=O) groups excluding carboxylic acids is 1. The van der Waals surface area contributed by atoms with Crippen LogP contribution >= 0.6 is 11.6 Å². The summed E-state index contributed by atoms with van der Waals surface area (Å²) in [6, 6.07) is 18.1. The Morgan fingerprint density at radius 1 is 1.09 bits per heavy atom. The monoisotopic (exact) mass is 328 g/mol. The molecule has 120 valence electrons. The number of urea groups is 1. The molecule has 0 aliphatic heterocycles. The molecule has 1 fully saturated rings. The van der Waals surface area contributed by atoms with E-state index >= 15 is 0 Å². The van der Waals surface area contributed by atoms with Gasteiger partial charge in [-0.25, -0.2) is 4.79 Å². The van der Waals surface area contributed by atoms with Gasteiger partial charge in [-0.2, -0.15) is 0 Å². The largest absolute Gasteiger partial charge is 0.335 e. The Balaban J connectivity index is 1.44. The van der Waals surface area contributed by atoms with Crippen molar-refractivity contribution >= 4 is 17.6 Å². The molecule has 0 spiro atoms. The average Bonchev–Trinajstić information content (AvgIpc) is 2.52. The molecule has 23 heavy (non-hydrogen) atoms. The molecule has 0 bridgehead atoms. The zero-order chi connectivity index (χ0) is 16.2. The SMILES string of the molecule is CC(NC(=O)NC1CC(c2ccc(Cl)cc2)C1)c1ccccc1. The van der Waals surface area contributed by atoms with Crippen molar-refractivity contribution in [2.45, 2.75) is 37.8 Å². The smallest absolute Gasteiger partial charge is 0.315 e. The fourth-order valence-corrected chi connectivity index (χ4v) is 3.12. The van der Waals surface area contributed by atoms with Gasteiger partial charge in [-0.15, -0.1) is 0 Å². The zero-order valence-electron chi connectivity index (χ0n) is 13.1. The van der Waals surface area contributed by atoms with E-state index in [4.69, 9.17) is 11.6 Å². The van der Waals surface area contributed by atoms with E-state index in [0.717, 1.165) is 23.4 Å². The number of benzene rings is 2. The van der Waals surface area contributed by atoms with Gasteiger partial charge in [0.15, 0.2) is 0 Å². The Morgan fingerprint density at radius 2 is 1.74 bits per heavy atom. The standard InChI is InChI=1S/C19H21ClN2O/c1-13(14-5-3-2-4-6-14)21-19(23)22-18-11-16(12-18)15-7-9-17(20)10-8-15/h2-10,13,16,18H,11-12H2,1H3,(H2,21,22,23). The maximum absolute atomic E-state index is 12.1. The van der Waals surface area contributed by atoms with Crippen LogP contribution in [0.3, 0.4) is 0 Å². The third kappa shape index (κ3) is 4.05. The first kappa shape index (κ1) is 15.9. The minimum Gasteiger partial charge on any atom is -0.335 e. The molecule has 1 atom stereocenters. The average molecular weight is 329 g/mol. The van der Waals surface area contributed by atoms with E-state index in [1.807, 2.05) is 49.4 Å². The second kappa shape index (κ2) is 7.05. The van der Waals surface area contributed by atoms with Gasteiger partial charge in [0, 0.05) is 11.1 Å². The third-order valence-corrected chi connectivity index (χ3v) is 4.71. The lowest BCUT2D eigenvalue weighted by Crippen LogP contribution is -2.48. The molecule has 1 aliphatic carbocycles. The molecular weight excluding hydrogens is 308 g/mol. The quantitative estimate of drug-likeness (QED) is 0.843. The topological polar surface area (TPSA) is 41.1 Å². The molecule has 1 aliphatic rings. The van der Waals surface area contributed by atoms with E-state index in [0.29, 0.717) is 5.92 Å². The molecule has 0 aromatic heterocycles. The number of halogens is 1. The molecule has 0 heterocycles. The molecule has 2 aromatic rings. The predicted molar refractivity (Wildman–Crippen MR) is 93.7 cm³/mol. The Hall–Kier alpha value is -2.00. The molecule has 2 amide bonds. The molecule has 3 rings (SSSR count). The minimum absolute atomic E-state index is 0.00309. The summed E-state index contributed by atoms with van der Waals surface area (Å²) >= 11 is 5.91. The van der Waals surface area contributed by atoms with Crippen LogP contribution in [0.2, 0.25) is 5.02 Å². The van der Waals surface area contributed by atoms with Gasteiger partial charge in [0.1, 0.15) is 0 Å². The molecule has 2 aromatic carbocycles. The molecule has 0 radical (unpaired) electrons. The molecule has 2 N–H and O–H groups in total. The Bertz CT molecular complexity index is 651. The van der Waals surface area contributed by atoms with Crippen molar-refractivity contribution < 1.29 is 4.79 Å². The highest BCUT2D eigenvalue weighted by Gasteiger charge is 2.31. The lowest BCUT2D eigenvalue weighted by molar-refractivity contribution is 0.220. The summed E-state index contributed by atoms with van der Waals surface area (Å²) in [5.74, 6) is 0.518. The molecule has 3 nitrogen and oxygen atoms in total. The lowest BCUT2D eigenvalue weighted by atomic mass is 9.76. The number of amides is 2. The van der Waals surface area contributed by atoms with Crippen molar-refractivity contribution in [3.8, 4) is 0 Å². The Kier molecular flexibility index (Phi) is 4.87. The number of carbonyl (C=O) groups is 1. The van der Waals surface area contributed by atoms with E-state index < -0.39 is 0 Å². The Morgan fingerprint density at radius 3 is 2.39 bits per heavy atom. The van der Waals surface area contributed by atoms with Crippen LogP contribution in [-0.4, -0.2) is 12.1 Å². The van der Waals surface area contributed by atoms with Gasteiger partial charge in [-0.3, -0.25) is 0 Å². The summed E-state index contributed by atoms with van der Waals surface area (Å²) in [6.45, 7) is 1.99. The highest BCUT2D eigenvalue weighted by atomic mass is 35.5. The van der Waals surface area contributed by atoms with E-state index in [9.17, 15) is 4.79 Å². The van der Waals surface area contributed by atoms with E-state index in [-0.39, 0.29) is 18.1 Å². The van der Waals surface area contributed by atoms with Crippen LogP contribution < -0.4 is 10.6 Å². The first-order chi connectivity index (χ1) is 11.1. The maximum Gasteiger partial charge on any atom is 0.315 e. The Labute approximate surface area is 142 Å². The third-order valence-electron chi connectivity index (χ3n) is 4.46. The number of rotatable bonds is 4. The highest BCUT2D eigenvalue weighted by Crippen LogP contribution is 2.37. The summed E-state index contributed by atoms with van der Waals surface area (Å²) in [5.41, 5.74) is 2.40. The molecular formula is C19H21ClN2O. The number of hydrogen-bond acceptors (Lipinski definition) is 1. The van der Waals surface area contributed by atoms with Gasteiger partial charge in [-0.1, -0.05) is 54.1 Å². The van der Waals surface area contributed by atoms with Gasteiger partial charge in [0.05, 0.1) is 6.04 Å². The van der Waals surface area contributed by atoms with Crippen molar-refractivity contribution in [3.63, 3.8) is 0 Å². The molecule has 4 heteroatoms. The van der Waals surface area contributed by atoms with Gasteiger partial charge in [0.25, 0.3) is 0 Å². The summed E-state index contributed by atoms with van der Waals surface area (Å²) < 4.78 is 0. The van der Waals surface area contributed by atoms with Crippen LogP contribution in [0.15, 0.2) is 54.6 Å². The van der Waals surface area contributed by atoms with Crippen LogP contribution in [0.5, 0.6) is 0 Å². The minimum atomic E-state index is -0.0964. The first-order valence-electron chi connectivity index (χ1n) is 7.99. The van der Waals surface area contributed by atoms with Crippen LogP contribution in [0, 0.1) is 0 Å². The first-order valence-corrected chi connectivity index (χ1v) is 8.37. The maximum atomic E-state index is 12.1. The lowest BCUT2D eigenvalue weighted by Gasteiger charge is -2.36. The summed E-state index contributed by atoms with van der Waals surface area (Å²) in [4.78, 5) is 12.1. The summed E-state index contributed by atoms with van der Waals surface area (Å²) in [5, 5.41) is 6.80. The molecule has 1 saturated carbocycles. The fraction of sp³-hybridized carbons (Fsp3) is 0.316. The van der Waals surface area contributed by atoms with Gasteiger partial charge in [-0.05, 0) is 48.9 Å². The second-order valence-electron chi connectivity index (χ2n) is 6.17. The number of hydrogen-bond donors (Lipinski definition) is 2. The van der Waals surface area contributed by atoms with Crippen molar-refractivity contribution in [2.24, 2.45) is 0 Å². The van der Waals surface area contributed by atoms with Crippen LogP contribution in [0.4, 0.5) is 4.79 Å². The van der Waals surface area contributed by atoms with E-state index in [2.05, 4.69) is 22.8 Å². The fourth-order valence-electron chi connectivity index (χ4n) is 2.99. The zero-order valence-corrected chi connectivity index (χ0v) is 13.9. The van der Waals surface area contributed by atoms with Crippen LogP contribution in [-0.2, 0) is 0 Å². The van der Waals surface area contributed by atoms with Crippen molar-refractivity contribution in [3.05, 3.63) is 70.7 Å². The second-order valence-corrected chi connectivity index (χ2v) is 6.60. The molecule has 0 saturated heterocycles. The highest BCUT2D eigenvalue weighted by molar-refractivity contribution is 6.30. The van der Waals surface area contributed by atoms with Crippen molar-refractivity contribution in [1.82, 2.24) is 10.6 Å². The summed E-state index contributed by atoms with van der Waals surface area (Å²) in [6.07, 6.45) is 1.96. The van der Waals surface area contributed by atoms with Crippen LogP contribution in [0.1, 0.15) is 42.9 Å². The van der Waals surface area contributed by atoms with Gasteiger partial charge >= 0.3 is 6.03 Å². The van der Waals surface area contributed by atoms with E-state index in [1.165, 1.54) is 5.56 Å². The van der Waals surface area contributed by atoms with Gasteiger partial charge in [0.2, 0.25) is 0 Å². The van der Waals surface area contributed by atoms with E-state index in [1.54, 1.807) is 0 Å². The predicted octanol–water partition coefficient (Wildman–Crippen LogP) is 4.65. The van der Waals surface area contributed by atoms with Crippen molar-refractivity contribution in [2.75, 3.05) is 0 Å². The van der Waals surface area contributed by atoms with Crippen molar-refractivity contribution in [1.29, 1.82) is 0 Å². The van der Waals surface area contributed by atoms with Gasteiger partial charge < -0.3 is 10.6 Å². The van der Waals surface area contributed by atoms with Crippen LogP contribution in [0.25, 0.3) is 0 Å². The normalized spacial score (nSPS) is 21.1. The molecule has 1 unspecified atom stereocenters. The number of nitrogens with one attached hydrogen (secondary N) is 2.